The summed E-state index contributed by atoms with van der Waals surface area (Å²) in [7, 11) is 0. The van der Waals surface area contributed by atoms with Crippen molar-refractivity contribution in [3.8, 4) is 0 Å². The van der Waals surface area contributed by atoms with Crippen LogP contribution in [0.5, 0.6) is 0 Å². The molecule has 6 heteroatoms. The zero-order valence-corrected chi connectivity index (χ0v) is 12.5. The maximum atomic E-state index is 13.9. The predicted molar refractivity (Wildman–Crippen MR) is 73.9 cm³/mol. The van der Waals surface area contributed by atoms with Crippen LogP contribution in [-0.4, -0.2) is 42.9 Å². The Hall–Kier alpha value is -0.980. The molecule has 2 fully saturated rings. The van der Waals surface area contributed by atoms with Gasteiger partial charge in [-0.25, -0.2) is 4.39 Å². The van der Waals surface area contributed by atoms with Crippen LogP contribution in [0.3, 0.4) is 0 Å². The maximum absolute atomic E-state index is 13.9. The van der Waals surface area contributed by atoms with Gasteiger partial charge in [-0.15, -0.1) is 0 Å². The van der Waals surface area contributed by atoms with Gasteiger partial charge in [-0.2, -0.15) is 0 Å². The number of amides is 1. The van der Waals surface area contributed by atoms with Gasteiger partial charge < -0.3 is 14.4 Å². The molecule has 0 aliphatic carbocycles. The van der Waals surface area contributed by atoms with Crippen LogP contribution < -0.4 is 0 Å². The van der Waals surface area contributed by atoms with Crippen molar-refractivity contribution in [2.45, 2.75) is 18.6 Å². The van der Waals surface area contributed by atoms with E-state index in [2.05, 4.69) is 15.9 Å². The van der Waals surface area contributed by atoms with E-state index in [0.29, 0.717) is 30.8 Å². The molecule has 4 nitrogen and oxygen atoms in total. The molecule has 2 saturated heterocycles. The van der Waals surface area contributed by atoms with Gasteiger partial charge in [0.2, 0.25) is 0 Å². The van der Waals surface area contributed by atoms with Crippen molar-refractivity contribution >= 4 is 21.8 Å². The number of halogens is 2. The van der Waals surface area contributed by atoms with E-state index in [1.165, 1.54) is 6.07 Å². The Bertz CT molecular complexity index is 511. The van der Waals surface area contributed by atoms with Gasteiger partial charge in [0.15, 0.2) is 5.79 Å². The molecule has 0 N–H and O–H groups in total. The Morgan fingerprint density at radius 1 is 1.35 bits per heavy atom. The zero-order valence-electron chi connectivity index (χ0n) is 10.9. The number of ether oxygens (including phenoxy) is 2. The van der Waals surface area contributed by atoms with Gasteiger partial charge in [0, 0.05) is 17.4 Å². The summed E-state index contributed by atoms with van der Waals surface area (Å²) in [6.07, 6.45) is 1.56. The van der Waals surface area contributed by atoms with E-state index in [-0.39, 0.29) is 11.5 Å². The highest BCUT2D eigenvalue weighted by molar-refractivity contribution is 9.10. The topological polar surface area (TPSA) is 38.8 Å². The number of piperidine rings is 1. The standard InChI is InChI=1S/C14H15BrFNO3/c15-10-3-1-4-11(16)12(10)13(18)17-6-2-5-14(9-17)19-7-8-20-14/h1,3-4H,2,5-9H2. The lowest BCUT2D eigenvalue weighted by Gasteiger charge is -2.38. The lowest BCUT2D eigenvalue weighted by Crippen LogP contribution is -2.51. The van der Waals surface area contributed by atoms with Gasteiger partial charge in [-0.05, 0) is 34.5 Å². The second kappa shape index (κ2) is 5.42. The van der Waals surface area contributed by atoms with E-state index >= 15 is 0 Å². The van der Waals surface area contributed by atoms with Gasteiger partial charge in [0.1, 0.15) is 5.82 Å². The summed E-state index contributed by atoms with van der Waals surface area (Å²) in [5.74, 6) is -1.53. The van der Waals surface area contributed by atoms with E-state index in [4.69, 9.17) is 9.47 Å². The number of carbonyl (C=O) groups excluding carboxylic acids is 1. The quantitative estimate of drug-likeness (QED) is 0.786. The molecule has 20 heavy (non-hydrogen) atoms. The van der Waals surface area contributed by atoms with Gasteiger partial charge >= 0.3 is 0 Å². The third kappa shape index (κ3) is 2.47. The largest absolute Gasteiger partial charge is 0.346 e. The fraction of sp³-hybridized carbons (Fsp3) is 0.500. The van der Waals surface area contributed by atoms with Crippen molar-refractivity contribution in [2.24, 2.45) is 0 Å². The summed E-state index contributed by atoms with van der Waals surface area (Å²) in [6.45, 7) is 2.04. The van der Waals surface area contributed by atoms with Gasteiger partial charge in [-0.3, -0.25) is 4.79 Å². The van der Waals surface area contributed by atoms with Crippen LogP contribution in [0.1, 0.15) is 23.2 Å². The van der Waals surface area contributed by atoms with Gasteiger partial charge in [0.25, 0.3) is 5.91 Å². The zero-order chi connectivity index (χ0) is 14.2. The minimum absolute atomic E-state index is 0.0718. The van der Waals surface area contributed by atoms with E-state index < -0.39 is 11.6 Å². The molecular formula is C14H15BrFNO3. The van der Waals surface area contributed by atoms with Crippen LogP contribution in [-0.2, 0) is 9.47 Å². The minimum atomic E-state index is -0.689. The van der Waals surface area contributed by atoms with Crippen LogP contribution in [0.15, 0.2) is 22.7 Å². The lowest BCUT2D eigenvalue weighted by molar-refractivity contribution is -0.183. The molecule has 108 valence electrons. The Morgan fingerprint density at radius 3 is 2.80 bits per heavy atom. The Kier molecular flexibility index (Phi) is 3.79. The molecule has 0 saturated carbocycles. The van der Waals surface area contributed by atoms with Crippen molar-refractivity contribution < 1.29 is 18.7 Å². The summed E-state index contributed by atoms with van der Waals surface area (Å²) in [5, 5.41) is 0. The van der Waals surface area contributed by atoms with Gasteiger partial charge in [-0.1, -0.05) is 6.07 Å². The lowest BCUT2D eigenvalue weighted by atomic mass is 10.0. The van der Waals surface area contributed by atoms with Crippen molar-refractivity contribution in [1.82, 2.24) is 4.90 Å². The fourth-order valence-electron chi connectivity index (χ4n) is 2.75. The predicted octanol–water partition coefficient (Wildman–Crippen LogP) is 2.57. The van der Waals surface area contributed by atoms with E-state index in [0.717, 1.165) is 12.8 Å². The summed E-state index contributed by atoms with van der Waals surface area (Å²) in [5.41, 5.74) is 0.0718. The molecule has 1 spiro atoms. The number of likely N-dealkylation sites (tertiary alicyclic amines) is 1. The van der Waals surface area contributed by atoms with Crippen molar-refractivity contribution in [1.29, 1.82) is 0 Å². The highest BCUT2D eigenvalue weighted by Gasteiger charge is 2.42. The van der Waals surface area contributed by atoms with Crippen LogP contribution in [0, 0.1) is 5.82 Å². The van der Waals surface area contributed by atoms with Crippen molar-refractivity contribution in [2.75, 3.05) is 26.3 Å². The SMILES string of the molecule is O=C(c1c(F)cccc1Br)N1CCCC2(C1)OCCO2. The number of hydrogen-bond donors (Lipinski definition) is 0. The molecule has 1 amide bonds. The highest BCUT2D eigenvalue weighted by atomic mass is 79.9. The number of rotatable bonds is 1. The number of nitrogens with zero attached hydrogens (tertiary/aromatic N) is 1. The van der Waals surface area contributed by atoms with Crippen LogP contribution in [0.2, 0.25) is 0 Å². The second-order valence-corrected chi connectivity index (χ2v) is 5.89. The van der Waals surface area contributed by atoms with E-state index in [1.54, 1.807) is 17.0 Å². The van der Waals surface area contributed by atoms with Crippen molar-refractivity contribution in [3.63, 3.8) is 0 Å². The number of hydrogen-bond acceptors (Lipinski definition) is 3. The fourth-order valence-corrected chi connectivity index (χ4v) is 3.27. The van der Waals surface area contributed by atoms with Crippen molar-refractivity contribution in [3.05, 3.63) is 34.1 Å². The monoisotopic (exact) mass is 343 g/mol. The molecule has 0 atom stereocenters. The molecule has 0 unspecified atom stereocenters. The summed E-state index contributed by atoms with van der Waals surface area (Å²) in [6, 6.07) is 4.52. The molecule has 1 aromatic carbocycles. The third-order valence-electron chi connectivity index (χ3n) is 3.69. The summed E-state index contributed by atoms with van der Waals surface area (Å²) < 4.78 is 25.6. The first-order valence-electron chi connectivity index (χ1n) is 6.62. The highest BCUT2D eigenvalue weighted by Crippen LogP contribution is 2.31. The molecule has 0 aromatic heterocycles. The minimum Gasteiger partial charge on any atom is -0.346 e. The average Bonchev–Trinajstić information content (AvgIpc) is 2.86. The second-order valence-electron chi connectivity index (χ2n) is 5.03. The first kappa shape index (κ1) is 14.0. The maximum Gasteiger partial charge on any atom is 0.258 e. The molecule has 2 heterocycles. The van der Waals surface area contributed by atoms with Crippen LogP contribution >= 0.6 is 15.9 Å². The normalized spacial score (nSPS) is 21.4. The van der Waals surface area contributed by atoms with E-state index in [9.17, 15) is 9.18 Å². The molecule has 3 rings (SSSR count). The Balaban J connectivity index is 1.83. The van der Waals surface area contributed by atoms with Crippen LogP contribution in [0.4, 0.5) is 4.39 Å². The number of benzene rings is 1. The molecular weight excluding hydrogens is 329 g/mol. The smallest absolute Gasteiger partial charge is 0.258 e. The number of carbonyl (C=O) groups is 1. The van der Waals surface area contributed by atoms with Gasteiger partial charge in [0.05, 0.1) is 25.3 Å². The Labute approximate surface area is 125 Å². The summed E-state index contributed by atoms with van der Waals surface area (Å²) in [4.78, 5) is 14.1. The average molecular weight is 344 g/mol. The van der Waals surface area contributed by atoms with E-state index in [1.807, 2.05) is 0 Å². The summed E-state index contributed by atoms with van der Waals surface area (Å²) >= 11 is 3.24. The first-order chi connectivity index (χ1) is 9.61. The molecule has 0 radical (unpaired) electrons. The molecule has 2 aliphatic rings. The molecule has 0 bridgehead atoms. The molecule has 1 aromatic rings. The van der Waals surface area contributed by atoms with Crippen LogP contribution in [0.25, 0.3) is 0 Å². The Morgan fingerprint density at radius 2 is 2.10 bits per heavy atom. The molecule has 2 aliphatic heterocycles. The third-order valence-corrected chi connectivity index (χ3v) is 4.36. The first-order valence-corrected chi connectivity index (χ1v) is 7.42.